The summed E-state index contributed by atoms with van der Waals surface area (Å²) in [5.74, 6) is 0. The summed E-state index contributed by atoms with van der Waals surface area (Å²) < 4.78 is 5.96. The zero-order chi connectivity index (χ0) is 11.8. The van der Waals surface area contributed by atoms with Crippen molar-refractivity contribution in [2.24, 2.45) is 0 Å². The first kappa shape index (κ1) is 13.4. The smallest absolute Gasteiger partial charge is 0.0630 e. The van der Waals surface area contributed by atoms with E-state index in [9.17, 15) is 0 Å². The van der Waals surface area contributed by atoms with Crippen molar-refractivity contribution in [1.29, 1.82) is 0 Å². The van der Waals surface area contributed by atoms with Crippen LogP contribution in [0.15, 0.2) is 28.4 Å². The van der Waals surface area contributed by atoms with Crippen LogP contribution >= 0.6 is 15.9 Å². The normalized spacial score (nSPS) is 11.8. The SMILES string of the molecule is COCCNC/C(C)=C/c1ccc(Br)cn1. The van der Waals surface area contributed by atoms with Crippen LogP contribution in [0.2, 0.25) is 0 Å². The second-order valence-corrected chi connectivity index (χ2v) is 4.48. The van der Waals surface area contributed by atoms with E-state index in [1.54, 1.807) is 13.3 Å². The summed E-state index contributed by atoms with van der Waals surface area (Å²) in [6.07, 6.45) is 3.88. The Hall–Kier alpha value is -0.710. The Balaban J connectivity index is 2.40. The Morgan fingerprint density at radius 1 is 1.56 bits per heavy atom. The van der Waals surface area contributed by atoms with Gasteiger partial charge in [-0.05, 0) is 41.1 Å². The molecule has 0 fully saturated rings. The van der Waals surface area contributed by atoms with Crippen LogP contribution < -0.4 is 5.32 Å². The lowest BCUT2D eigenvalue weighted by molar-refractivity contribution is 0.200. The van der Waals surface area contributed by atoms with E-state index >= 15 is 0 Å². The molecule has 0 atom stereocenters. The largest absolute Gasteiger partial charge is 0.383 e. The van der Waals surface area contributed by atoms with Gasteiger partial charge < -0.3 is 10.1 Å². The maximum absolute atomic E-state index is 4.96. The van der Waals surface area contributed by atoms with E-state index < -0.39 is 0 Å². The van der Waals surface area contributed by atoms with Gasteiger partial charge in [0.05, 0.1) is 12.3 Å². The van der Waals surface area contributed by atoms with Crippen LogP contribution in [0.1, 0.15) is 12.6 Å². The highest BCUT2D eigenvalue weighted by Crippen LogP contribution is 2.09. The first-order valence-electron chi connectivity index (χ1n) is 5.21. The van der Waals surface area contributed by atoms with E-state index in [4.69, 9.17) is 4.74 Å². The maximum Gasteiger partial charge on any atom is 0.0630 e. The van der Waals surface area contributed by atoms with Crippen molar-refractivity contribution in [3.63, 3.8) is 0 Å². The van der Waals surface area contributed by atoms with Gasteiger partial charge in [0.25, 0.3) is 0 Å². The van der Waals surface area contributed by atoms with Crippen molar-refractivity contribution in [1.82, 2.24) is 10.3 Å². The van der Waals surface area contributed by atoms with E-state index in [2.05, 4.69) is 39.2 Å². The molecule has 0 aliphatic rings. The first-order chi connectivity index (χ1) is 7.72. The molecule has 0 aliphatic carbocycles. The molecular weight excluding hydrogens is 268 g/mol. The molecule has 0 spiro atoms. The summed E-state index contributed by atoms with van der Waals surface area (Å²) in [6, 6.07) is 3.98. The predicted molar refractivity (Wildman–Crippen MR) is 70.3 cm³/mol. The number of aromatic nitrogens is 1. The highest BCUT2D eigenvalue weighted by atomic mass is 79.9. The monoisotopic (exact) mass is 284 g/mol. The molecule has 1 aromatic heterocycles. The number of nitrogens with zero attached hydrogens (tertiary/aromatic N) is 1. The van der Waals surface area contributed by atoms with Crippen molar-refractivity contribution in [3.05, 3.63) is 34.1 Å². The minimum Gasteiger partial charge on any atom is -0.383 e. The fraction of sp³-hybridized carbons (Fsp3) is 0.417. The van der Waals surface area contributed by atoms with Crippen LogP contribution in [0, 0.1) is 0 Å². The van der Waals surface area contributed by atoms with Crippen LogP contribution in [0.25, 0.3) is 6.08 Å². The molecule has 4 heteroatoms. The Morgan fingerprint density at radius 3 is 3.00 bits per heavy atom. The Labute approximate surface area is 105 Å². The lowest BCUT2D eigenvalue weighted by Crippen LogP contribution is -2.20. The Kier molecular flexibility index (Phi) is 6.30. The molecule has 0 amide bonds. The van der Waals surface area contributed by atoms with Crippen LogP contribution in [-0.2, 0) is 4.74 Å². The fourth-order valence-corrected chi connectivity index (χ4v) is 1.47. The second kappa shape index (κ2) is 7.54. The van der Waals surface area contributed by atoms with E-state index in [0.717, 1.165) is 29.9 Å². The first-order valence-corrected chi connectivity index (χ1v) is 6.00. The van der Waals surface area contributed by atoms with Crippen molar-refractivity contribution in [3.8, 4) is 0 Å². The molecule has 0 bridgehead atoms. The number of hydrogen-bond acceptors (Lipinski definition) is 3. The van der Waals surface area contributed by atoms with Crippen molar-refractivity contribution in [2.75, 3.05) is 26.8 Å². The molecule has 1 aromatic rings. The van der Waals surface area contributed by atoms with Crippen molar-refractivity contribution in [2.45, 2.75) is 6.92 Å². The molecule has 3 nitrogen and oxygen atoms in total. The molecule has 88 valence electrons. The van der Waals surface area contributed by atoms with Crippen molar-refractivity contribution < 1.29 is 4.74 Å². The molecule has 0 saturated carbocycles. The third kappa shape index (κ3) is 5.39. The lowest BCUT2D eigenvalue weighted by Gasteiger charge is -2.04. The van der Waals surface area contributed by atoms with Crippen LogP contribution in [-0.4, -0.2) is 31.8 Å². The van der Waals surface area contributed by atoms with Crippen molar-refractivity contribution >= 4 is 22.0 Å². The number of halogens is 1. The van der Waals surface area contributed by atoms with Gasteiger partial charge in [0.1, 0.15) is 0 Å². The molecule has 0 unspecified atom stereocenters. The molecular formula is C12H17BrN2O. The average molecular weight is 285 g/mol. The van der Waals surface area contributed by atoms with Crippen LogP contribution in [0.3, 0.4) is 0 Å². The van der Waals surface area contributed by atoms with Crippen LogP contribution in [0.4, 0.5) is 0 Å². The standard InChI is InChI=1S/C12H17BrN2O/c1-10(8-14-5-6-16-2)7-12-4-3-11(13)9-15-12/h3-4,7,9,14H,5-6,8H2,1-2H3/b10-7+. The fourth-order valence-electron chi connectivity index (χ4n) is 1.24. The molecule has 0 radical (unpaired) electrons. The highest BCUT2D eigenvalue weighted by molar-refractivity contribution is 9.10. The van der Waals surface area contributed by atoms with Gasteiger partial charge in [-0.25, -0.2) is 0 Å². The molecule has 0 saturated heterocycles. The Morgan fingerprint density at radius 2 is 2.38 bits per heavy atom. The van der Waals surface area contributed by atoms with Gasteiger partial charge >= 0.3 is 0 Å². The summed E-state index contributed by atoms with van der Waals surface area (Å²) in [5, 5.41) is 3.29. The summed E-state index contributed by atoms with van der Waals surface area (Å²) in [7, 11) is 1.70. The molecule has 1 rings (SSSR count). The molecule has 1 N–H and O–H groups in total. The minimum atomic E-state index is 0.740. The number of pyridine rings is 1. The number of hydrogen-bond donors (Lipinski definition) is 1. The quantitative estimate of drug-likeness (QED) is 0.815. The zero-order valence-corrected chi connectivity index (χ0v) is 11.3. The minimum absolute atomic E-state index is 0.740. The molecule has 0 aliphatic heterocycles. The third-order valence-corrected chi connectivity index (χ3v) is 2.50. The third-order valence-electron chi connectivity index (χ3n) is 2.03. The predicted octanol–water partition coefficient (Wildman–Crippen LogP) is 2.48. The topological polar surface area (TPSA) is 34.1 Å². The van der Waals surface area contributed by atoms with Gasteiger partial charge in [0, 0.05) is 30.9 Å². The zero-order valence-electron chi connectivity index (χ0n) is 9.66. The summed E-state index contributed by atoms with van der Waals surface area (Å²) in [4.78, 5) is 4.29. The number of nitrogens with one attached hydrogen (secondary N) is 1. The van der Waals surface area contributed by atoms with E-state index in [0.29, 0.717) is 0 Å². The molecule has 0 aromatic carbocycles. The summed E-state index contributed by atoms with van der Waals surface area (Å²) in [6.45, 7) is 4.56. The van der Waals surface area contributed by atoms with Crippen LogP contribution in [0.5, 0.6) is 0 Å². The number of methoxy groups -OCH3 is 1. The van der Waals surface area contributed by atoms with E-state index in [1.807, 2.05) is 12.1 Å². The summed E-state index contributed by atoms with van der Waals surface area (Å²) in [5.41, 5.74) is 2.24. The van der Waals surface area contributed by atoms with Gasteiger partial charge in [-0.1, -0.05) is 5.57 Å². The second-order valence-electron chi connectivity index (χ2n) is 3.56. The number of ether oxygens (including phenoxy) is 1. The van der Waals surface area contributed by atoms with Gasteiger partial charge in [-0.2, -0.15) is 0 Å². The van der Waals surface area contributed by atoms with Gasteiger partial charge in [0.2, 0.25) is 0 Å². The average Bonchev–Trinajstić information content (AvgIpc) is 2.28. The molecule has 16 heavy (non-hydrogen) atoms. The van der Waals surface area contributed by atoms with E-state index in [1.165, 1.54) is 5.57 Å². The molecule has 1 heterocycles. The number of rotatable bonds is 6. The van der Waals surface area contributed by atoms with Gasteiger partial charge in [0.15, 0.2) is 0 Å². The highest BCUT2D eigenvalue weighted by Gasteiger charge is 1.93. The summed E-state index contributed by atoms with van der Waals surface area (Å²) >= 11 is 3.36. The van der Waals surface area contributed by atoms with Gasteiger partial charge in [-0.3, -0.25) is 4.98 Å². The van der Waals surface area contributed by atoms with Gasteiger partial charge in [-0.15, -0.1) is 0 Å². The maximum atomic E-state index is 4.96. The van der Waals surface area contributed by atoms with E-state index in [-0.39, 0.29) is 0 Å². The Bertz CT molecular complexity index is 335. The lowest BCUT2D eigenvalue weighted by atomic mass is 10.2.